The number of fused-ring (bicyclic) bond motifs is 1. The van der Waals surface area contributed by atoms with E-state index < -0.39 is 17.7 Å². The second-order valence-electron chi connectivity index (χ2n) is 9.40. The monoisotopic (exact) mass is 607 g/mol. The SMILES string of the molecule is CCC[CH2][Sn]([Cl])([CH2]CCC)[O]C1=C(C(CC(C)C)=Nc2ccc(Cl)cc2)C(=O)c2ccccc21. The topological polar surface area (TPSA) is 38.7 Å². The molecule has 0 unspecified atom stereocenters. The number of aliphatic imine (C=N–C) groups is 1. The van der Waals surface area contributed by atoms with Gasteiger partial charge in [0.2, 0.25) is 0 Å². The van der Waals surface area contributed by atoms with Crippen LogP contribution in [0, 0.1) is 5.92 Å². The number of unbranched alkanes of at least 4 members (excludes halogenated alkanes) is 2. The minimum absolute atomic E-state index is 0.0183. The van der Waals surface area contributed by atoms with Crippen LogP contribution in [0.15, 0.2) is 59.1 Å². The molecule has 3 nitrogen and oxygen atoms in total. The van der Waals surface area contributed by atoms with Crippen LogP contribution in [0.5, 0.6) is 0 Å². The zero-order valence-corrected chi connectivity index (χ0v) is 25.0. The molecule has 0 aromatic heterocycles. The number of ketones is 1. The molecule has 0 spiro atoms. The van der Waals surface area contributed by atoms with E-state index in [-0.39, 0.29) is 5.78 Å². The molecule has 6 heteroatoms. The number of benzene rings is 2. The summed E-state index contributed by atoms with van der Waals surface area (Å²) < 4.78 is 8.74. The van der Waals surface area contributed by atoms with Crippen LogP contribution in [0.3, 0.4) is 0 Å². The Bertz CT molecular complexity index is 1050. The second-order valence-corrected chi connectivity index (χ2v) is 22.9. The molecular weight excluding hydrogens is 572 g/mol. The third kappa shape index (κ3) is 6.89. The van der Waals surface area contributed by atoms with Gasteiger partial charge in [0.15, 0.2) is 0 Å². The molecule has 0 atom stereocenters. The summed E-state index contributed by atoms with van der Waals surface area (Å²) in [5.74, 6) is 0.961. The van der Waals surface area contributed by atoms with E-state index in [0.29, 0.717) is 34.3 Å². The summed E-state index contributed by atoms with van der Waals surface area (Å²) in [6.07, 6.45) is 4.94. The van der Waals surface area contributed by atoms with Gasteiger partial charge in [0.05, 0.1) is 0 Å². The Balaban J connectivity index is 2.15. The molecule has 0 amide bonds. The zero-order chi connectivity index (χ0) is 24.7. The number of hydrogen-bond acceptors (Lipinski definition) is 3. The number of rotatable bonds is 12. The predicted octanol–water partition coefficient (Wildman–Crippen LogP) is 9.36. The number of nitrogens with zero attached hydrogens (tertiary/aromatic N) is 1. The van der Waals surface area contributed by atoms with Gasteiger partial charge in [0.1, 0.15) is 0 Å². The number of allylic oxidation sites excluding steroid dienone is 1. The summed E-state index contributed by atoms with van der Waals surface area (Å²) in [5, 5.41) is 0.657. The van der Waals surface area contributed by atoms with Crippen molar-refractivity contribution in [3.8, 4) is 0 Å². The van der Waals surface area contributed by atoms with Crippen LogP contribution >= 0.6 is 20.5 Å². The van der Waals surface area contributed by atoms with Crippen LogP contribution in [0.25, 0.3) is 5.76 Å². The number of Topliss-reactive ketones (excluding diaryl/α,β-unsaturated/α-hetero) is 1. The van der Waals surface area contributed by atoms with Gasteiger partial charge >= 0.3 is 219 Å². The first-order valence-corrected chi connectivity index (χ1v) is 21.6. The van der Waals surface area contributed by atoms with Gasteiger partial charge in [-0.2, -0.15) is 0 Å². The molecule has 1 aliphatic carbocycles. The van der Waals surface area contributed by atoms with E-state index in [9.17, 15) is 4.79 Å². The zero-order valence-electron chi connectivity index (χ0n) is 20.7. The Morgan fingerprint density at radius 3 is 2.12 bits per heavy atom. The Morgan fingerprint density at radius 2 is 1.56 bits per heavy atom. The van der Waals surface area contributed by atoms with Gasteiger partial charge in [0.25, 0.3) is 0 Å². The van der Waals surface area contributed by atoms with Gasteiger partial charge in [-0.1, -0.05) is 0 Å². The van der Waals surface area contributed by atoms with Crippen molar-refractivity contribution in [3.05, 3.63) is 70.3 Å². The fourth-order valence-corrected chi connectivity index (χ4v) is 14.6. The van der Waals surface area contributed by atoms with Crippen molar-refractivity contribution in [2.45, 2.75) is 68.7 Å². The average Bonchev–Trinajstić information content (AvgIpc) is 3.08. The third-order valence-electron chi connectivity index (χ3n) is 5.94. The van der Waals surface area contributed by atoms with E-state index in [0.717, 1.165) is 51.5 Å². The van der Waals surface area contributed by atoms with Crippen molar-refractivity contribution < 1.29 is 7.87 Å². The normalized spacial score (nSPS) is 14.2. The van der Waals surface area contributed by atoms with E-state index in [1.807, 2.05) is 48.5 Å². The fraction of sp³-hybridized carbons (Fsp3) is 0.429. The van der Waals surface area contributed by atoms with Gasteiger partial charge in [-0.3, -0.25) is 0 Å². The molecule has 0 radical (unpaired) electrons. The predicted molar refractivity (Wildman–Crippen MR) is 148 cm³/mol. The van der Waals surface area contributed by atoms with Gasteiger partial charge < -0.3 is 0 Å². The first kappa shape index (κ1) is 27.3. The Labute approximate surface area is 217 Å². The molecular formula is C28H35Cl2NO2Sn. The standard InChI is InChI=1S/C20H18ClNO2.2C4H9.ClH.Sn/c1-12(2)11-17(22-14-9-7-13(21)8-10-14)18-19(23)15-5-3-4-6-16(15)20(18)24;2*1-3-4-2;;/h3-10,12,23H,11H2,1-2H3;2*1,3-4H2,2H3;1H;/q;;;;+2/p-2. The van der Waals surface area contributed by atoms with E-state index in [2.05, 4.69) is 27.7 Å². The minimum atomic E-state index is -3.48. The van der Waals surface area contributed by atoms with E-state index in [4.69, 9.17) is 28.6 Å². The summed E-state index contributed by atoms with van der Waals surface area (Å²) in [4.78, 5) is 18.7. The summed E-state index contributed by atoms with van der Waals surface area (Å²) in [6.45, 7) is 8.64. The first-order chi connectivity index (χ1) is 16.3. The molecule has 2 aromatic carbocycles. The Hall–Kier alpha value is -1.30. The molecule has 0 heterocycles. The molecule has 0 N–H and O–H groups in total. The van der Waals surface area contributed by atoms with Crippen LogP contribution < -0.4 is 0 Å². The van der Waals surface area contributed by atoms with Crippen molar-refractivity contribution >= 4 is 61.1 Å². The summed E-state index contributed by atoms with van der Waals surface area (Å²) in [5.41, 5.74) is 3.64. The second kappa shape index (κ2) is 12.6. The molecule has 0 saturated heterocycles. The maximum atomic E-state index is 13.7. The van der Waals surface area contributed by atoms with Crippen molar-refractivity contribution in [2.24, 2.45) is 10.9 Å². The molecule has 1 aliphatic rings. The molecule has 0 bridgehead atoms. The first-order valence-electron chi connectivity index (χ1n) is 12.4. The average molecular weight is 607 g/mol. The molecule has 0 saturated carbocycles. The summed E-state index contributed by atoms with van der Waals surface area (Å²) >= 11 is 2.60. The molecule has 2 aromatic rings. The quantitative estimate of drug-likeness (QED) is 0.178. The fourth-order valence-electron chi connectivity index (χ4n) is 4.17. The van der Waals surface area contributed by atoms with Crippen molar-refractivity contribution in [1.82, 2.24) is 0 Å². The van der Waals surface area contributed by atoms with E-state index in [1.54, 1.807) is 0 Å². The molecule has 3 rings (SSSR count). The number of carbonyl (C=O) groups is 1. The van der Waals surface area contributed by atoms with Crippen LogP contribution in [-0.4, -0.2) is 29.2 Å². The summed E-state index contributed by atoms with van der Waals surface area (Å²) in [6, 6.07) is 15.1. The third-order valence-corrected chi connectivity index (χ3v) is 17.2. The van der Waals surface area contributed by atoms with Crippen LogP contribution in [0.1, 0.15) is 75.7 Å². The number of hydrogen-bond donors (Lipinski definition) is 0. The van der Waals surface area contributed by atoms with Crippen molar-refractivity contribution in [2.75, 3.05) is 0 Å². The van der Waals surface area contributed by atoms with Crippen LogP contribution in [0.4, 0.5) is 5.69 Å². The molecule has 182 valence electrons. The van der Waals surface area contributed by atoms with Gasteiger partial charge in [-0.25, -0.2) is 0 Å². The van der Waals surface area contributed by atoms with E-state index in [1.165, 1.54) is 0 Å². The Morgan fingerprint density at radius 1 is 0.971 bits per heavy atom. The van der Waals surface area contributed by atoms with Crippen LogP contribution in [0.2, 0.25) is 13.9 Å². The molecule has 0 fully saturated rings. The van der Waals surface area contributed by atoms with Gasteiger partial charge in [-0.15, -0.1) is 0 Å². The number of halogens is 2. The molecule has 0 aliphatic heterocycles. The van der Waals surface area contributed by atoms with Crippen molar-refractivity contribution in [3.63, 3.8) is 0 Å². The van der Waals surface area contributed by atoms with E-state index >= 15 is 0 Å². The molecule has 34 heavy (non-hydrogen) atoms. The van der Waals surface area contributed by atoms with Gasteiger partial charge in [-0.05, 0) is 0 Å². The number of carbonyl (C=O) groups excluding carboxylic acids is 1. The van der Waals surface area contributed by atoms with Gasteiger partial charge in [0, 0.05) is 0 Å². The maximum absolute atomic E-state index is 13.7. The van der Waals surface area contributed by atoms with Crippen LogP contribution in [-0.2, 0) is 3.07 Å². The van der Waals surface area contributed by atoms with Crippen molar-refractivity contribution in [1.29, 1.82) is 0 Å². The Kier molecular flexibility index (Phi) is 10.1. The summed E-state index contributed by atoms with van der Waals surface area (Å²) in [7, 11) is 7.33.